The van der Waals surface area contributed by atoms with Gasteiger partial charge >= 0.3 is 0 Å². The van der Waals surface area contributed by atoms with E-state index in [1.807, 2.05) is 7.05 Å². The molecule has 2 aliphatic rings. The third-order valence-electron chi connectivity index (χ3n) is 5.24. The van der Waals surface area contributed by atoms with Gasteiger partial charge in [0.05, 0.1) is 23.8 Å². The number of benzene rings is 1. The van der Waals surface area contributed by atoms with Crippen molar-refractivity contribution in [3.05, 3.63) is 46.8 Å². The molecule has 0 saturated carbocycles. The van der Waals surface area contributed by atoms with Crippen LogP contribution in [0, 0.1) is 11.6 Å². The normalized spacial score (nSPS) is 19.0. The van der Waals surface area contributed by atoms with Gasteiger partial charge < -0.3 is 4.74 Å². The summed E-state index contributed by atoms with van der Waals surface area (Å²) in [4.78, 5) is 1.86. The van der Waals surface area contributed by atoms with Gasteiger partial charge in [-0.1, -0.05) is 0 Å². The van der Waals surface area contributed by atoms with Crippen molar-refractivity contribution in [2.75, 3.05) is 32.8 Å². The molecule has 10 heteroatoms. The van der Waals surface area contributed by atoms with Gasteiger partial charge in [-0.25, -0.2) is 17.2 Å². The van der Waals surface area contributed by atoms with Crippen LogP contribution in [0.3, 0.4) is 0 Å². The highest BCUT2D eigenvalue weighted by molar-refractivity contribution is 7.89. The molecule has 0 N–H and O–H groups in total. The molecule has 28 heavy (non-hydrogen) atoms. The van der Waals surface area contributed by atoms with Crippen molar-refractivity contribution in [1.82, 2.24) is 19.0 Å². The summed E-state index contributed by atoms with van der Waals surface area (Å²) < 4.78 is 61.4. The minimum Gasteiger partial charge on any atom is -0.379 e. The summed E-state index contributed by atoms with van der Waals surface area (Å²) in [6, 6.07) is 2.37. The number of hydrogen-bond acceptors (Lipinski definition) is 5. The van der Waals surface area contributed by atoms with Crippen LogP contribution in [0.25, 0.3) is 0 Å². The van der Waals surface area contributed by atoms with Gasteiger partial charge in [0, 0.05) is 63.5 Å². The minimum atomic E-state index is -4.01. The highest BCUT2D eigenvalue weighted by Gasteiger charge is 2.33. The summed E-state index contributed by atoms with van der Waals surface area (Å²) in [6.45, 7) is 3.94. The van der Waals surface area contributed by atoms with Crippen LogP contribution in [0.2, 0.25) is 0 Å². The molecule has 152 valence electrons. The molecule has 0 aliphatic carbocycles. The number of morpholine rings is 1. The van der Waals surface area contributed by atoms with E-state index in [4.69, 9.17) is 4.74 Å². The summed E-state index contributed by atoms with van der Waals surface area (Å²) in [5, 5.41) is 4.60. The van der Waals surface area contributed by atoms with Crippen LogP contribution in [0.1, 0.15) is 17.0 Å². The Hall–Kier alpha value is -1.88. The summed E-state index contributed by atoms with van der Waals surface area (Å²) >= 11 is 0. The van der Waals surface area contributed by atoms with Gasteiger partial charge in [0.1, 0.15) is 11.6 Å². The second-order valence-electron chi connectivity index (χ2n) is 7.08. The molecular weight excluding hydrogens is 390 g/mol. The average molecular weight is 412 g/mol. The molecule has 0 amide bonds. The Morgan fingerprint density at radius 1 is 1.11 bits per heavy atom. The number of hydrogen-bond donors (Lipinski definition) is 0. The van der Waals surface area contributed by atoms with Gasteiger partial charge in [0.2, 0.25) is 10.0 Å². The number of halogens is 2. The van der Waals surface area contributed by atoms with E-state index in [2.05, 4.69) is 10.00 Å². The van der Waals surface area contributed by atoms with Gasteiger partial charge in [0.25, 0.3) is 0 Å². The number of ether oxygens (including phenoxy) is 1. The summed E-state index contributed by atoms with van der Waals surface area (Å²) in [7, 11) is -2.15. The van der Waals surface area contributed by atoms with Gasteiger partial charge in [-0.15, -0.1) is 0 Å². The topological polar surface area (TPSA) is 67.7 Å². The van der Waals surface area contributed by atoms with Gasteiger partial charge in [-0.3, -0.25) is 9.58 Å². The molecule has 1 aromatic heterocycles. The summed E-state index contributed by atoms with van der Waals surface area (Å²) in [5.41, 5.74) is 2.71. The van der Waals surface area contributed by atoms with Gasteiger partial charge in [0.15, 0.2) is 0 Å². The lowest BCUT2D eigenvalue weighted by atomic mass is 10.1. The zero-order valence-electron chi connectivity index (χ0n) is 15.6. The van der Waals surface area contributed by atoms with Crippen molar-refractivity contribution in [1.29, 1.82) is 0 Å². The fraction of sp³-hybridized carbons (Fsp3) is 0.500. The maximum atomic E-state index is 13.5. The molecule has 7 nitrogen and oxygen atoms in total. The van der Waals surface area contributed by atoms with Crippen molar-refractivity contribution >= 4 is 10.0 Å². The van der Waals surface area contributed by atoms with Crippen molar-refractivity contribution in [3.8, 4) is 0 Å². The molecule has 2 aliphatic heterocycles. The molecule has 0 bridgehead atoms. The van der Waals surface area contributed by atoms with Crippen molar-refractivity contribution in [2.45, 2.75) is 24.4 Å². The van der Waals surface area contributed by atoms with E-state index < -0.39 is 21.7 Å². The second-order valence-corrected chi connectivity index (χ2v) is 9.02. The first-order chi connectivity index (χ1) is 13.3. The Bertz CT molecular complexity index is 967. The predicted octanol–water partition coefficient (Wildman–Crippen LogP) is 1.28. The van der Waals surface area contributed by atoms with Crippen molar-refractivity contribution in [3.63, 3.8) is 0 Å². The lowest BCUT2D eigenvalue weighted by Gasteiger charge is -2.29. The van der Waals surface area contributed by atoms with Gasteiger partial charge in [-0.2, -0.15) is 9.40 Å². The highest BCUT2D eigenvalue weighted by Crippen LogP contribution is 2.28. The molecule has 0 unspecified atom stereocenters. The lowest BCUT2D eigenvalue weighted by molar-refractivity contribution is 0.0334. The largest absolute Gasteiger partial charge is 0.379 e. The maximum absolute atomic E-state index is 13.5. The summed E-state index contributed by atoms with van der Waals surface area (Å²) in [5.74, 6) is -1.82. The standard InChI is InChI=1S/C18H22F2N4O3S/c1-22-18-2-3-24(28(25,26)15-9-13(19)8-14(20)10-15)11-16(18)17(21-22)12-23-4-6-27-7-5-23/h8-10H,2-7,11-12H2,1H3. The molecule has 0 spiro atoms. The van der Waals surface area contributed by atoms with Crippen LogP contribution >= 0.6 is 0 Å². The molecule has 0 atom stereocenters. The third kappa shape index (κ3) is 3.69. The fourth-order valence-electron chi connectivity index (χ4n) is 3.77. The molecule has 1 aromatic carbocycles. The highest BCUT2D eigenvalue weighted by atomic mass is 32.2. The zero-order valence-corrected chi connectivity index (χ0v) is 16.4. The van der Waals surface area contributed by atoms with E-state index >= 15 is 0 Å². The molecule has 1 fully saturated rings. The first-order valence-corrected chi connectivity index (χ1v) is 10.6. The van der Waals surface area contributed by atoms with Crippen LogP contribution in [-0.2, 0) is 41.3 Å². The average Bonchev–Trinajstić information content (AvgIpc) is 2.97. The Morgan fingerprint density at radius 3 is 2.46 bits per heavy atom. The van der Waals surface area contributed by atoms with Crippen LogP contribution < -0.4 is 0 Å². The zero-order chi connectivity index (χ0) is 19.9. The Labute approximate surface area is 162 Å². The van der Waals surface area contributed by atoms with Crippen molar-refractivity contribution < 1.29 is 21.9 Å². The lowest BCUT2D eigenvalue weighted by Crippen LogP contribution is -2.38. The number of sulfonamides is 1. The Morgan fingerprint density at radius 2 is 1.79 bits per heavy atom. The molecular formula is C18H22F2N4O3S. The molecule has 3 heterocycles. The fourth-order valence-corrected chi connectivity index (χ4v) is 5.23. The smallest absolute Gasteiger partial charge is 0.243 e. The number of fused-ring (bicyclic) bond motifs is 1. The van der Waals surface area contributed by atoms with E-state index in [0.717, 1.165) is 42.2 Å². The maximum Gasteiger partial charge on any atom is 0.243 e. The SMILES string of the molecule is Cn1nc(CN2CCOCC2)c2c1CCN(S(=O)(=O)c1cc(F)cc(F)c1)C2. The number of aromatic nitrogens is 2. The van der Waals surface area contributed by atoms with E-state index in [0.29, 0.717) is 32.2 Å². The molecule has 0 radical (unpaired) electrons. The van der Waals surface area contributed by atoms with Crippen LogP contribution in [0.4, 0.5) is 8.78 Å². The summed E-state index contributed by atoms with van der Waals surface area (Å²) in [6.07, 6.45) is 0.499. The van der Waals surface area contributed by atoms with Crippen LogP contribution in [0.15, 0.2) is 23.1 Å². The van der Waals surface area contributed by atoms with Crippen LogP contribution in [0.5, 0.6) is 0 Å². The quantitative estimate of drug-likeness (QED) is 0.757. The molecule has 4 rings (SSSR count). The van der Waals surface area contributed by atoms with Gasteiger partial charge in [-0.05, 0) is 12.1 Å². The first kappa shape index (κ1) is 19.4. The van der Waals surface area contributed by atoms with Crippen LogP contribution in [-0.4, -0.2) is 60.3 Å². The van der Waals surface area contributed by atoms with E-state index in [-0.39, 0.29) is 18.0 Å². The third-order valence-corrected chi connectivity index (χ3v) is 7.06. The van der Waals surface area contributed by atoms with Crippen molar-refractivity contribution in [2.24, 2.45) is 7.05 Å². The number of rotatable bonds is 4. The van der Waals surface area contributed by atoms with E-state index in [1.165, 1.54) is 4.31 Å². The van der Waals surface area contributed by atoms with E-state index in [9.17, 15) is 17.2 Å². The van der Waals surface area contributed by atoms with E-state index in [1.54, 1.807) is 4.68 Å². The monoisotopic (exact) mass is 412 g/mol. The predicted molar refractivity (Wildman–Crippen MR) is 97.0 cm³/mol. The number of aryl methyl sites for hydroxylation is 1. The molecule has 1 saturated heterocycles. The molecule has 2 aromatic rings. The number of nitrogens with zero attached hydrogens (tertiary/aromatic N) is 4. The Kier molecular flexibility index (Phi) is 5.21. The Balaban J connectivity index is 1.61. The second kappa shape index (κ2) is 7.51. The first-order valence-electron chi connectivity index (χ1n) is 9.14. The minimum absolute atomic E-state index is 0.142.